The zero-order valence-corrected chi connectivity index (χ0v) is 12.7. The van der Waals surface area contributed by atoms with Crippen LogP contribution >= 0.6 is 0 Å². The molecule has 0 radical (unpaired) electrons. The Morgan fingerprint density at radius 3 is 2.12 bits per heavy atom. The lowest BCUT2D eigenvalue weighted by molar-refractivity contribution is -0.129. The van der Waals surface area contributed by atoms with E-state index in [0.717, 1.165) is 13.1 Å². The van der Waals surface area contributed by atoms with Gasteiger partial charge in [-0.2, -0.15) is 0 Å². The van der Waals surface area contributed by atoms with Crippen LogP contribution in [0, 0.1) is 0 Å². The fraction of sp³-hybridized carbons (Fsp3) is 0.769. The molecule has 0 aromatic heterocycles. The molecule has 0 fully saturated rings. The van der Waals surface area contributed by atoms with Crippen LogP contribution in [-0.2, 0) is 4.79 Å². The molecule has 0 saturated heterocycles. The maximum Gasteiger partial charge on any atom is 0.226 e. The first kappa shape index (κ1) is 15.4. The molecule has 94 valence electrons. The summed E-state index contributed by atoms with van der Waals surface area (Å²) in [5.41, 5.74) is 0.636. The second kappa shape index (κ2) is 6.89. The Bertz CT molecular complexity index is 239. The summed E-state index contributed by atoms with van der Waals surface area (Å²) in [6.07, 6.45) is 4.81. The Morgan fingerprint density at radius 2 is 1.75 bits per heavy atom. The smallest absolute Gasteiger partial charge is 0.226 e. The molecular weight excluding hydrogens is 214 g/mol. The zero-order chi connectivity index (χ0) is 12.8. The topological polar surface area (TPSA) is 20.3 Å². The van der Waals surface area contributed by atoms with Gasteiger partial charge in [-0.15, -0.1) is 0 Å². The summed E-state index contributed by atoms with van der Waals surface area (Å²) in [7, 11) is -1.09. The largest absolute Gasteiger partial charge is 0.343 e. The summed E-state index contributed by atoms with van der Waals surface area (Å²) in [5, 5.41) is 0. The van der Waals surface area contributed by atoms with E-state index in [2.05, 4.69) is 32.6 Å². The monoisotopic (exact) mass is 241 g/mol. The molecule has 0 aliphatic rings. The molecule has 16 heavy (non-hydrogen) atoms. The Hall–Kier alpha value is -0.573. The lowest BCUT2D eigenvalue weighted by Crippen LogP contribution is -2.30. The lowest BCUT2D eigenvalue weighted by Gasteiger charge is -2.22. The van der Waals surface area contributed by atoms with Crippen LogP contribution in [0.1, 0.15) is 27.2 Å². The van der Waals surface area contributed by atoms with E-state index < -0.39 is 8.07 Å². The number of allylic oxidation sites excluding steroid dienone is 1. The minimum Gasteiger partial charge on any atom is -0.343 e. The van der Waals surface area contributed by atoms with E-state index in [4.69, 9.17) is 0 Å². The number of carbonyl (C=O) groups is 1. The summed E-state index contributed by atoms with van der Waals surface area (Å²) in [6, 6.07) is 0. The van der Waals surface area contributed by atoms with E-state index in [1.807, 2.05) is 24.8 Å². The van der Waals surface area contributed by atoms with Gasteiger partial charge in [0.1, 0.15) is 0 Å². The Labute approximate surface area is 102 Å². The summed E-state index contributed by atoms with van der Waals surface area (Å²) >= 11 is 0. The van der Waals surface area contributed by atoms with Crippen LogP contribution in [0.3, 0.4) is 0 Å². The second-order valence-corrected chi connectivity index (χ2v) is 11.0. The molecule has 0 aliphatic carbocycles. The van der Waals surface area contributed by atoms with Crippen molar-refractivity contribution in [1.29, 1.82) is 0 Å². The van der Waals surface area contributed by atoms with Crippen LogP contribution in [-0.4, -0.2) is 32.0 Å². The van der Waals surface area contributed by atoms with E-state index >= 15 is 0 Å². The van der Waals surface area contributed by atoms with Crippen molar-refractivity contribution < 1.29 is 4.79 Å². The van der Waals surface area contributed by atoms with Crippen LogP contribution in [0.25, 0.3) is 0 Å². The van der Waals surface area contributed by atoms with Crippen LogP contribution in [0.15, 0.2) is 12.2 Å². The molecule has 0 bridgehead atoms. The molecule has 0 saturated carbocycles. The number of nitrogens with zero attached hydrogens (tertiary/aromatic N) is 1. The predicted octanol–water partition coefficient (Wildman–Crippen LogP) is 3.53. The normalized spacial score (nSPS) is 14.1. The van der Waals surface area contributed by atoms with E-state index in [-0.39, 0.29) is 5.91 Å². The average molecular weight is 241 g/mol. The van der Waals surface area contributed by atoms with E-state index in [1.54, 1.807) is 0 Å². The summed E-state index contributed by atoms with van der Waals surface area (Å²) in [4.78, 5) is 13.6. The Morgan fingerprint density at radius 1 is 1.25 bits per heavy atom. The van der Waals surface area contributed by atoms with Crippen molar-refractivity contribution >= 4 is 14.0 Å². The van der Waals surface area contributed by atoms with Gasteiger partial charge in [0, 0.05) is 19.5 Å². The number of hydrogen-bond acceptors (Lipinski definition) is 1. The van der Waals surface area contributed by atoms with Crippen LogP contribution < -0.4 is 0 Å². The third-order valence-corrected chi connectivity index (χ3v) is 6.12. The molecule has 0 aromatic carbocycles. The van der Waals surface area contributed by atoms with Gasteiger partial charge in [0.15, 0.2) is 0 Å². The molecule has 1 unspecified atom stereocenters. The minimum absolute atomic E-state index is 0.240. The molecule has 0 heterocycles. The molecule has 2 nitrogen and oxygen atoms in total. The number of carbonyl (C=O) groups excluding carboxylic acids is 1. The van der Waals surface area contributed by atoms with Crippen molar-refractivity contribution in [3.63, 3.8) is 0 Å². The molecule has 0 spiro atoms. The first-order chi connectivity index (χ1) is 7.32. The van der Waals surface area contributed by atoms with E-state index in [1.165, 1.54) is 0 Å². The van der Waals surface area contributed by atoms with Gasteiger partial charge < -0.3 is 4.90 Å². The van der Waals surface area contributed by atoms with Gasteiger partial charge in [-0.1, -0.05) is 38.7 Å². The van der Waals surface area contributed by atoms with E-state index in [0.29, 0.717) is 12.0 Å². The maximum absolute atomic E-state index is 11.7. The molecular formula is C13H27NOSi. The SMILES string of the molecule is CCN(CC)C(=O)C/C=C/C(C)[Si](C)(C)C. The molecule has 3 heteroatoms. The molecule has 1 amide bonds. The quantitative estimate of drug-likeness (QED) is 0.514. The van der Waals surface area contributed by atoms with Crippen molar-refractivity contribution in [1.82, 2.24) is 4.90 Å². The second-order valence-electron chi connectivity index (χ2n) is 5.35. The van der Waals surface area contributed by atoms with Gasteiger partial charge in [0.25, 0.3) is 0 Å². The van der Waals surface area contributed by atoms with Gasteiger partial charge in [-0.05, 0) is 19.4 Å². The van der Waals surface area contributed by atoms with Gasteiger partial charge in [-0.25, -0.2) is 0 Å². The number of amides is 1. The highest BCUT2D eigenvalue weighted by Crippen LogP contribution is 2.22. The van der Waals surface area contributed by atoms with Crippen molar-refractivity contribution in [2.75, 3.05) is 13.1 Å². The summed E-state index contributed by atoms with van der Waals surface area (Å²) < 4.78 is 0. The van der Waals surface area contributed by atoms with Gasteiger partial charge in [0.05, 0.1) is 8.07 Å². The van der Waals surface area contributed by atoms with Gasteiger partial charge in [-0.3, -0.25) is 4.79 Å². The molecule has 0 aromatic rings. The van der Waals surface area contributed by atoms with Crippen molar-refractivity contribution in [2.45, 2.75) is 52.4 Å². The summed E-state index contributed by atoms with van der Waals surface area (Å²) in [6.45, 7) is 15.0. The third-order valence-electron chi connectivity index (χ3n) is 3.20. The average Bonchev–Trinajstić information content (AvgIpc) is 2.18. The highest BCUT2D eigenvalue weighted by atomic mass is 28.3. The zero-order valence-electron chi connectivity index (χ0n) is 11.7. The highest BCUT2D eigenvalue weighted by molar-refractivity contribution is 6.77. The Kier molecular flexibility index (Phi) is 6.64. The highest BCUT2D eigenvalue weighted by Gasteiger charge is 2.19. The molecule has 0 rings (SSSR count). The van der Waals surface area contributed by atoms with Crippen LogP contribution in [0.4, 0.5) is 0 Å². The first-order valence-corrected chi connectivity index (χ1v) is 9.85. The fourth-order valence-electron chi connectivity index (χ4n) is 1.37. The van der Waals surface area contributed by atoms with Crippen LogP contribution in [0.2, 0.25) is 25.2 Å². The number of hydrogen-bond donors (Lipinski definition) is 0. The van der Waals surface area contributed by atoms with Gasteiger partial charge in [0.2, 0.25) is 5.91 Å². The van der Waals surface area contributed by atoms with Crippen LogP contribution in [0.5, 0.6) is 0 Å². The summed E-state index contributed by atoms with van der Waals surface area (Å²) in [5.74, 6) is 0.240. The number of rotatable bonds is 6. The van der Waals surface area contributed by atoms with Crippen molar-refractivity contribution in [3.05, 3.63) is 12.2 Å². The maximum atomic E-state index is 11.7. The van der Waals surface area contributed by atoms with Crippen molar-refractivity contribution in [2.24, 2.45) is 0 Å². The van der Waals surface area contributed by atoms with Crippen molar-refractivity contribution in [3.8, 4) is 0 Å². The minimum atomic E-state index is -1.09. The Balaban J connectivity index is 4.15. The molecule has 1 atom stereocenters. The fourth-order valence-corrected chi connectivity index (χ4v) is 2.08. The third kappa shape index (κ3) is 5.49. The van der Waals surface area contributed by atoms with E-state index in [9.17, 15) is 4.79 Å². The molecule has 0 N–H and O–H groups in total. The standard InChI is InChI=1S/C13H27NOSi/c1-7-14(8-2)13(15)11-9-10-12(3)16(4,5)6/h9-10,12H,7-8,11H2,1-6H3/b10-9+. The molecule has 0 aliphatic heterocycles. The first-order valence-electron chi connectivity index (χ1n) is 6.27. The lowest BCUT2D eigenvalue weighted by atomic mass is 10.3. The van der Waals surface area contributed by atoms with Gasteiger partial charge >= 0.3 is 0 Å². The predicted molar refractivity (Wildman–Crippen MR) is 74.5 cm³/mol.